The molecule has 0 aliphatic carbocycles. The van der Waals surface area contributed by atoms with Gasteiger partial charge in [0.1, 0.15) is 12.1 Å². The second kappa shape index (κ2) is 7.87. The lowest BCUT2D eigenvalue weighted by atomic mass is 10.0. The van der Waals surface area contributed by atoms with Crippen molar-refractivity contribution in [3.05, 3.63) is 74.4 Å². The Hall–Kier alpha value is -2.87. The number of hydrogen-bond donors (Lipinski definition) is 1. The molecule has 3 rings (SSSR count). The molecule has 1 aromatic heterocycles. The van der Waals surface area contributed by atoms with Gasteiger partial charge in [0.05, 0.1) is 12.2 Å². The van der Waals surface area contributed by atoms with E-state index in [0.717, 1.165) is 26.9 Å². The first-order valence-corrected chi connectivity index (χ1v) is 9.81. The van der Waals surface area contributed by atoms with Gasteiger partial charge in [0, 0.05) is 4.47 Å². The molecule has 7 nitrogen and oxygen atoms in total. The van der Waals surface area contributed by atoms with Gasteiger partial charge in [-0.15, -0.1) is 0 Å². The monoisotopic (exact) mass is 459 g/mol. The van der Waals surface area contributed by atoms with Crippen LogP contribution < -0.4 is 10.4 Å². The average Bonchev–Trinajstić information content (AvgIpc) is 2.99. The van der Waals surface area contributed by atoms with Crippen molar-refractivity contribution in [1.29, 1.82) is 0 Å². The zero-order valence-corrected chi connectivity index (χ0v) is 18.2. The Morgan fingerprint density at radius 3 is 2.31 bits per heavy atom. The summed E-state index contributed by atoms with van der Waals surface area (Å²) in [5, 5.41) is 13.5. The number of rotatable bonds is 6. The van der Waals surface area contributed by atoms with Gasteiger partial charge in [-0.1, -0.05) is 28.1 Å². The highest BCUT2D eigenvalue weighted by atomic mass is 79.9. The van der Waals surface area contributed by atoms with Crippen LogP contribution in [0.1, 0.15) is 30.5 Å². The molecular weight excluding hydrogens is 438 g/mol. The lowest BCUT2D eigenvalue weighted by Crippen LogP contribution is -2.38. The first kappa shape index (κ1) is 20.9. The fourth-order valence-electron chi connectivity index (χ4n) is 2.99. The van der Waals surface area contributed by atoms with Gasteiger partial charge in [-0.05, 0) is 68.7 Å². The van der Waals surface area contributed by atoms with Crippen LogP contribution in [0.25, 0.3) is 5.69 Å². The van der Waals surface area contributed by atoms with Gasteiger partial charge in [0.25, 0.3) is 0 Å². The maximum absolute atomic E-state index is 12.7. The third-order valence-corrected chi connectivity index (χ3v) is 5.09. The minimum atomic E-state index is -1.34. The number of aryl methyl sites for hydroxylation is 2. The molecule has 0 aliphatic heterocycles. The third-order valence-electron chi connectivity index (χ3n) is 4.56. The van der Waals surface area contributed by atoms with Crippen molar-refractivity contribution >= 4 is 21.9 Å². The number of halogens is 1. The Labute approximate surface area is 176 Å². The van der Waals surface area contributed by atoms with Crippen molar-refractivity contribution in [2.45, 2.75) is 39.8 Å². The van der Waals surface area contributed by atoms with E-state index in [0.29, 0.717) is 12.3 Å². The van der Waals surface area contributed by atoms with Gasteiger partial charge in [0.15, 0.2) is 5.60 Å². The van der Waals surface area contributed by atoms with Crippen molar-refractivity contribution < 1.29 is 14.6 Å². The van der Waals surface area contributed by atoms with Crippen LogP contribution in [0.5, 0.6) is 5.75 Å². The minimum absolute atomic E-state index is 0.241. The van der Waals surface area contributed by atoms with Crippen LogP contribution in [0.2, 0.25) is 0 Å². The summed E-state index contributed by atoms with van der Waals surface area (Å²) in [5.74, 6) is -0.501. The number of carboxylic acid groups (broad SMARTS) is 1. The van der Waals surface area contributed by atoms with E-state index in [1.54, 1.807) is 0 Å². The number of benzene rings is 2. The third kappa shape index (κ3) is 4.42. The summed E-state index contributed by atoms with van der Waals surface area (Å²) in [6.07, 6.45) is 1.50. The maximum Gasteiger partial charge on any atom is 0.350 e. The molecule has 29 heavy (non-hydrogen) atoms. The largest absolute Gasteiger partial charge is 0.478 e. The number of aromatic nitrogens is 3. The summed E-state index contributed by atoms with van der Waals surface area (Å²) in [5.41, 5.74) is 1.64. The van der Waals surface area contributed by atoms with E-state index in [1.165, 1.54) is 29.4 Å². The molecule has 3 aromatic rings. The summed E-state index contributed by atoms with van der Waals surface area (Å²) in [6.45, 7) is 7.03. The van der Waals surface area contributed by atoms with E-state index in [4.69, 9.17) is 4.74 Å². The molecule has 0 radical (unpaired) electrons. The summed E-state index contributed by atoms with van der Waals surface area (Å²) >= 11 is 3.38. The molecule has 1 heterocycles. The summed E-state index contributed by atoms with van der Waals surface area (Å²) in [6, 6.07) is 11.2. The average molecular weight is 460 g/mol. The van der Waals surface area contributed by atoms with Crippen molar-refractivity contribution in [3.8, 4) is 11.4 Å². The van der Waals surface area contributed by atoms with Gasteiger partial charge >= 0.3 is 11.7 Å². The summed E-state index contributed by atoms with van der Waals surface area (Å²) in [7, 11) is 0. The van der Waals surface area contributed by atoms with Gasteiger partial charge in [-0.3, -0.25) is 0 Å². The van der Waals surface area contributed by atoms with E-state index >= 15 is 0 Å². The lowest BCUT2D eigenvalue weighted by molar-refractivity contribution is -0.152. The molecule has 0 amide bonds. The highest BCUT2D eigenvalue weighted by molar-refractivity contribution is 9.10. The molecule has 0 spiro atoms. The van der Waals surface area contributed by atoms with Crippen molar-refractivity contribution in [2.75, 3.05) is 0 Å². The Bertz CT molecular complexity index is 1090. The molecule has 0 atom stereocenters. The van der Waals surface area contributed by atoms with Crippen LogP contribution in [0, 0.1) is 13.8 Å². The number of carbonyl (C=O) groups is 1. The van der Waals surface area contributed by atoms with Gasteiger partial charge in [-0.25, -0.2) is 18.8 Å². The predicted molar refractivity (Wildman–Crippen MR) is 113 cm³/mol. The number of ether oxygens (including phenoxy) is 1. The summed E-state index contributed by atoms with van der Waals surface area (Å²) in [4.78, 5) is 24.1. The zero-order chi connectivity index (χ0) is 21.3. The molecule has 152 valence electrons. The van der Waals surface area contributed by atoms with E-state index in [9.17, 15) is 14.7 Å². The van der Waals surface area contributed by atoms with Crippen LogP contribution in [0.4, 0.5) is 0 Å². The predicted octanol–water partition coefficient (Wildman–Crippen LogP) is 3.70. The second-order valence-electron chi connectivity index (χ2n) is 7.39. The Morgan fingerprint density at radius 2 is 1.76 bits per heavy atom. The smallest absolute Gasteiger partial charge is 0.350 e. The normalized spacial score (nSPS) is 11.5. The van der Waals surface area contributed by atoms with E-state index in [1.807, 2.05) is 50.2 Å². The van der Waals surface area contributed by atoms with Crippen molar-refractivity contribution in [3.63, 3.8) is 0 Å². The van der Waals surface area contributed by atoms with Gasteiger partial charge < -0.3 is 9.84 Å². The first-order chi connectivity index (χ1) is 13.6. The molecule has 0 aliphatic rings. The molecule has 0 saturated heterocycles. The van der Waals surface area contributed by atoms with E-state index < -0.39 is 11.6 Å². The number of aliphatic carboxylic acids is 1. The molecule has 0 saturated carbocycles. The molecular formula is C21H22BrN3O4. The second-order valence-corrected chi connectivity index (χ2v) is 8.31. The Morgan fingerprint density at radius 1 is 1.17 bits per heavy atom. The first-order valence-electron chi connectivity index (χ1n) is 9.01. The molecule has 8 heteroatoms. The standard InChI is InChI=1S/C21H22BrN3O4/c1-13-9-15(10-14(2)18(13)29-21(3,4)19(26)27)11-25-20(28)24(12-23-25)17-7-5-16(22)6-8-17/h5-10,12H,11H2,1-4H3,(H,26,27). The van der Waals surface area contributed by atoms with Crippen LogP contribution in [-0.2, 0) is 11.3 Å². The zero-order valence-electron chi connectivity index (χ0n) is 16.6. The summed E-state index contributed by atoms with van der Waals surface area (Å²) < 4.78 is 9.54. The fraction of sp³-hybridized carbons (Fsp3) is 0.286. The molecule has 1 N–H and O–H groups in total. The SMILES string of the molecule is Cc1cc(Cn2ncn(-c3ccc(Br)cc3)c2=O)cc(C)c1OC(C)(C)C(=O)O. The molecule has 0 bridgehead atoms. The number of carboxylic acids is 1. The maximum atomic E-state index is 12.7. The minimum Gasteiger partial charge on any atom is -0.478 e. The lowest BCUT2D eigenvalue weighted by Gasteiger charge is -2.24. The van der Waals surface area contributed by atoms with Gasteiger partial charge in [0.2, 0.25) is 0 Å². The van der Waals surface area contributed by atoms with Crippen molar-refractivity contribution in [2.24, 2.45) is 0 Å². The quantitative estimate of drug-likeness (QED) is 0.606. The van der Waals surface area contributed by atoms with Crippen LogP contribution in [0.3, 0.4) is 0 Å². The molecule has 0 fully saturated rings. The van der Waals surface area contributed by atoms with E-state index in [-0.39, 0.29) is 5.69 Å². The van der Waals surface area contributed by atoms with Crippen molar-refractivity contribution in [1.82, 2.24) is 14.3 Å². The highest BCUT2D eigenvalue weighted by Crippen LogP contribution is 2.29. The number of nitrogens with zero attached hydrogens (tertiary/aromatic N) is 3. The Balaban J connectivity index is 1.87. The van der Waals surface area contributed by atoms with Crippen LogP contribution in [0.15, 0.2) is 52.0 Å². The van der Waals surface area contributed by atoms with E-state index in [2.05, 4.69) is 21.0 Å². The topological polar surface area (TPSA) is 86.4 Å². The van der Waals surface area contributed by atoms with Crippen LogP contribution in [-0.4, -0.2) is 31.0 Å². The van der Waals surface area contributed by atoms with Gasteiger partial charge in [-0.2, -0.15) is 5.10 Å². The molecule has 0 unspecified atom stereocenters. The molecule has 2 aromatic carbocycles. The number of hydrogen-bond acceptors (Lipinski definition) is 4. The van der Waals surface area contributed by atoms with Crippen LogP contribution >= 0.6 is 15.9 Å². The highest BCUT2D eigenvalue weighted by Gasteiger charge is 2.30. The Kier molecular flexibility index (Phi) is 5.66. The fourth-order valence-corrected chi connectivity index (χ4v) is 3.25.